The predicted molar refractivity (Wildman–Crippen MR) is 81.5 cm³/mol. The molecule has 0 aliphatic rings. The highest BCUT2D eigenvalue weighted by Crippen LogP contribution is 2.37. The van der Waals surface area contributed by atoms with Crippen LogP contribution in [0.2, 0.25) is 0 Å². The Morgan fingerprint density at radius 2 is 1.70 bits per heavy atom. The molecule has 0 bridgehead atoms. The van der Waals surface area contributed by atoms with E-state index < -0.39 is 5.97 Å². The Morgan fingerprint density at radius 3 is 2.10 bits per heavy atom. The lowest BCUT2D eigenvalue weighted by molar-refractivity contribution is -0.136. The van der Waals surface area contributed by atoms with Crippen LogP contribution in [-0.2, 0) is 29.5 Å². The summed E-state index contributed by atoms with van der Waals surface area (Å²) in [4.78, 5) is 10.8. The van der Waals surface area contributed by atoms with Gasteiger partial charge in [0.2, 0.25) is 0 Å². The lowest BCUT2D eigenvalue weighted by atomic mass is 9.80. The molecular weight excluding hydrogens is 252 g/mol. The molecule has 0 saturated carbocycles. The molecule has 3 nitrogen and oxygen atoms in total. The normalized spacial score (nSPS) is 11.7. The van der Waals surface area contributed by atoms with Gasteiger partial charge in [0.25, 0.3) is 0 Å². The van der Waals surface area contributed by atoms with Crippen LogP contribution in [0.15, 0.2) is 6.07 Å². The maximum Gasteiger partial charge on any atom is 0.303 e. The van der Waals surface area contributed by atoms with E-state index in [2.05, 4.69) is 27.7 Å². The van der Waals surface area contributed by atoms with Crippen molar-refractivity contribution in [2.75, 3.05) is 0 Å². The van der Waals surface area contributed by atoms with Crippen LogP contribution in [0.3, 0.4) is 0 Å². The number of hydrogen-bond donors (Lipinski definition) is 2. The molecule has 0 aromatic heterocycles. The molecule has 0 spiro atoms. The molecule has 1 aromatic rings. The summed E-state index contributed by atoms with van der Waals surface area (Å²) in [5.41, 5.74) is 3.90. The summed E-state index contributed by atoms with van der Waals surface area (Å²) in [5.74, 6) is -0.397. The topological polar surface area (TPSA) is 57.5 Å². The van der Waals surface area contributed by atoms with Crippen molar-refractivity contribution in [1.29, 1.82) is 0 Å². The quantitative estimate of drug-likeness (QED) is 0.860. The molecule has 0 unspecified atom stereocenters. The molecule has 0 atom stereocenters. The summed E-state index contributed by atoms with van der Waals surface area (Å²) in [5, 5.41) is 19.4. The van der Waals surface area contributed by atoms with Crippen molar-refractivity contribution < 1.29 is 15.0 Å². The lowest BCUT2D eigenvalue weighted by Crippen LogP contribution is -2.15. The smallest absolute Gasteiger partial charge is 0.303 e. The lowest BCUT2D eigenvalue weighted by Gasteiger charge is -2.25. The molecule has 3 heteroatoms. The van der Waals surface area contributed by atoms with E-state index in [1.54, 1.807) is 0 Å². The van der Waals surface area contributed by atoms with Gasteiger partial charge in [0.05, 0.1) is 0 Å². The zero-order chi connectivity index (χ0) is 15.5. The fraction of sp³-hybridized carbons (Fsp3) is 0.588. The summed E-state index contributed by atoms with van der Waals surface area (Å²) >= 11 is 0. The molecule has 0 aliphatic heterocycles. The number of aryl methyl sites for hydroxylation is 1. The molecule has 0 amide bonds. The number of rotatable bonds is 5. The largest absolute Gasteiger partial charge is 0.507 e. The van der Waals surface area contributed by atoms with E-state index in [0.717, 1.165) is 35.1 Å². The summed E-state index contributed by atoms with van der Waals surface area (Å²) in [6.07, 6.45) is 2.23. The number of carboxylic acid groups (broad SMARTS) is 1. The van der Waals surface area contributed by atoms with Gasteiger partial charge in [0.15, 0.2) is 0 Å². The molecule has 0 fully saturated rings. The standard InChI is InChI=1S/C17H26O3/c1-6-12-11(8-9-15(18)19)10-14(17(3,4)5)16(20)13(12)7-2/h10,20H,6-9H2,1-5H3,(H,18,19). The minimum absolute atomic E-state index is 0.129. The minimum Gasteiger partial charge on any atom is -0.507 e. The van der Waals surface area contributed by atoms with Crippen molar-refractivity contribution >= 4 is 5.97 Å². The minimum atomic E-state index is -0.782. The van der Waals surface area contributed by atoms with Gasteiger partial charge in [0.1, 0.15) is 5.75 Å². The number of carboxylic acids is 1. The third-order valence-electron chi connectivity index (χ3n) is 3.73. The Labute approximate surface area is 121 Å². The van der Waals surface area contributed by atoms with E-state index in [1.807, 2.05) is 13.0 Å². The Hall–Kier alpha value is -1.51. The second-order valence-corrected chi connectivity index (χ2v) is 6.24. The SMILES string of the molecule is CCc1c(CCC(=O)O)cc(C(C)(C)C)c(O)c1CC. The number of phenolic OH excluding ortho intramolecular Hbond substituents is 1. The van der Waals surface area contributed by atoms with E-state index in [4.69, 9.17) is 5.11 Å². The molecule has 0 radical (unpaired) electrons. The fourth-order valence-electron chi connectivity index (χ4n) is 2.69. The molecule has 112 valence electrons. The van der Waals surface area contributed by atoms with Gasteiger partial charge in [-0.25, -0.2) is 0 Å². The second-order valence-electron chi connectivity index (χ2n) is 6.24. The first-order valence-corrected chi connectivity index (χ1v) is 7.31. The predicted octanol–water partition coefficient (Wildman–Crippen LogP) is 3.83. The zero-order valence-corrected chi connectivity index (χ0v) is 13.2. The highest BCUT2D eigenvalue weighted by molar-refractivity contribution is 5.67. The van der Waals surface area contributed by atoms with Crippen LogP contribution in [-0.4, -0.2) is 16.2 Å². The summed E-state index contributed by atoms with van der Waals surface area (Å²) < 4.78 is 0. The van der Waals surface area contributed by atoms with E-state index in [1.165, 1.54) is 0 Å². The van der Waals surface area contributed by atoms with Gasteiger partial charge in [-0.2, -0.15) is 0 Å². The number of benzene rings is 1. The molecule has 20 heavy (non-hydrogen) atoms. The van der Waals surface area contributed by atoms with E-state index in [-0.39, 0.29) is 11.8 Å². The van der Waals surface area contributed by atoms with Gasteiger partial charge >= 0.3 is 5.97 Å². The Kier molecular flexibility index (Phi) is 5.21. The second kappa shape index (κ2) is 6.29. The van der Waals surface area contributed by atoms with Crippen LogP contribution in [0.5, 0.6) is 5.75 Å². The molecule has 0 aliphatic carbocycles. The number of aromatic hydroxyl groups is 1. The molecule has 1 rings (SSSR count). The summed E-state index contributed by atoms with van der Waals surface area (Å²) in [7, 11) is 0. The van der Waals surface area contributed by atoms with Gasteiger partial charge < -0.3 is 10.2 Å². The van der Waals surface area contributed by atoms with Crippen LogP contribution in [0.1, 0.15) is 63.3 Å². The summed E-state index contributed by atoms with van der Waals surface area (Å²) in [6, 6.07) is 2.00. The van der Waals surface area contributed by atoms with Gasteiger partial charge in [-0.1, -0.05) is 40.7 Å². The van der Waals surface area contributed by atoms with Gasteiger partial charge in [-0.05, 0) is 46.9 Å². The first kappa shape index (κ1) is 16.5. The Morgan fingerprint density at radius 1 is 1.15 bits per heavy atom. The van der Waals surface area contributed by atoms with Crippen LogP contribution >= 0.6 is 0 Å². The number of phenols is 1. The van der Waals surface area contributed by atoms with Crippen LogP contribution < -0.4 is 0 Å². The van der Waals surface area contributed by atoms with Gasteiger partial charge in [-0.3, -0.25) is 4.79 Å². The highest BCUT2D eigenvalue weighted by atomic mass is 16.4. The van der Waals surface area contributed by atoms with Gasteiger partial charge in [0, 0.05) is 6.42 Å². The monoisotopic (exact) mass is 278 g/mol. The van der Waals surface area contributed by atoms with Crippen molar-refractivity contribution in [3.05, 3.63) is 28.3 Å². The maximum atomic E-state index is 10.8. The zero-order valence-electron chi connectivity index (χ0n) is 13.2. The molecule has 0 heterocycles. The Balaban J connectivity index is 3.44. The van der Waals surface area contributed by atoms with Crippen molar-refractivity contribution in [3.63, 3.8) is 0 Å². The molecule has 1 aromatic carbocycles. The van der Waals surface area contributed by atoms with Crippen molar-refractivity contribution in [2.45, 2.75) is 65.7 Å². The molecule has 0 saturated heterocycles. The molecule has 2 N–H and O–H groups in total. The number of hydrogen-bond acceptors (Lipinski definition) is 2. The first-order valence-electron chi connectivity index (χ1n) is 7.31. The van der Waals surface area contributed by atoms with Crippen molar-refractivity contribution in [1.82, 2.24) is 0 Å². The van der Waals surface area contributed by atoms with Crippen molar-refractivity contribution in [3.8, 4) is 5.75 Å². The van der Waals surface area contributed by atoms with E-state index in [9.17, 15) is 9.90 Å². The van der Waals surface area contributed by atoms with E-state index >= 15 is 0 Å². The van der Waals surface area contributed by atoms with E-state index in [0.29, 0.717) is 12.2 Å². The average molecular weight is 278 g/mol. The van der Waals surface area contributed by atoms with Gasteiger partial charge in [-0.15, -0.1) is 0 Å². The fourth-order valence-corrected chi connectivity index (χ4v) is 2.69. The maximum absolute atomic E-state index is 10.8. The third-order valence-corrected chi connectivity index (χ3v) is 3.73. The van der Waals surface area contributed by atoms with Crippen LogP contribution in [0.4, 0.5) is 0 Å². The first-order chi connectivity index (χ1) is 9.22. The number of carbonyl (C=O) groups is 1. The van der Waals surface area contributed by atoms with Crippen LogP contribution in [0.25, 0.3) is 0 Å². The van der Waals surface area contributed by atoms with Crippen molar-refractivity contribution in [2.24, 2.45) is 0 Å². The number of aliphatic carboxylic acids is 1. The third kappa shape index (κ3) is 3.53. The summed E-state index contributed by atoms with van der Waals surface area (Å²) in [6.45, 7) is 10.3. The highest BCUT2D eigenvalue weighted by Gasteiger charge is 2.23. The average Bonchev–Trinajstić information content (AvgIpc) is 2.34. The van der Waals surface area contributed by atoms with Crippen LogP contribution in [0, 0.1) is 0 Å². The Bertz CT molecular complexity index is 496. The molecular formula is C17H26O3.